The Balaban J connectivity index is 0. The van der Waals surface area contributed by atoms with Crippen LogP contribution in [-0.4, -0.2) is 10.1 Å². The molecule has 0 aliphatic rings. The monoisotopic (exact) mass is 244 g/mol. The van der Waals surface area contributed by atoms with Crippen molar-refractivity contribution in [1.29, 1.82) is 0 Å². The molecule has 0 N–H and O–H groups in total. The maximum atomic E-state index is 0. The molecule has 0 saturated carbocycles. The van der Waals surface area contributed by atoms with Crippen LogP contribution in [0.4, 0.5) is 18.8 Å². The Morgan fingerprint density at radius 3 is 0.500 bits per heavy atom. The standard InChI is InChI=1S/Be.Eu.4FH.2H/h;;4*1H;;. The van der Waals surface area contributed by atoms with E-state index < -0.39 is 0 Å². The molecule has 0 fully saturated rings. The van der Waals surface area contributed by atoms with Gasteiger partial charge in [-0.25, -0.2) is 0 Å². The molecule has 0 saturated heterocycles. The molecule has 0 aromatic heterocycles. The fourth-order valence-corrected chi connectivity index (χ4v) is 0. The van der Waals surface area contributed by atoms with Crippen LogP contribution >= 0.6 is 0 Å². The summed E-state index contributed by atoms with van der Waals surface area (Å²) in [5.41, 5.74) is 0. The van der Waals surface area contributed by atoms with Crippen LogP contribution in [0.3, 0.4) is 0 Å². The third-order valence-corrected chi connectivity index (χ3v) is 0. The molecular weight excluding hydrogens is 237 g/mol. The summed E-state index contributed by atoms with van der Waals surface area (Å²) in [6.45, 7) is 0. The first kappa shape index (κ1) is 144. The number of halogens is 4. The summed E-state index contributed by atoms with van der Waals surface area (Å²) in [4.78, 5) is 0. The van der Waals surface area contributed by atoms with Gasteiger partial charge in [0.25, 0.3) is 0 Å². The summed E-state index contributed by atoms with van der Waals surface area (Å²) in [5, 5.41) is 0. The second-order valence-corrected chi connectivity index (χ2v) is 0. The largest absolute Gasteiger partial charge is 0 e. The van der Waals surface area contributed by atoms with Crippen LogP contribution in [0.15, 0.2) is 0 Å². The van der Waals surface area contributed by atoms with Gasteiger partial charge >= 0.3 is 10.1 Å². The molecule has 0 heterocycles. The maximum Gasteiger partial charge on any atom is 0 e. The first-order chi connectivity index (χ1) is 0. The summed E-state index contributed by atoms with van der Waals surface area (Å²) in [6, 6.07) is 0. The molecule has 0 spiro atoms. The molecule has 1 radical (unpaired) electrons. The molecule has 0 aliphatic heterocycles. The summed E-state index contributed by atoms with van der Waals surface area (Å²) < 4.78 is 0. The summed E-state index contributed by atoms with van der Waals surface area (Å²) in [7, 11) is 0. The van der Waals surface area contributed by atoms with Crippen molar-refractivity contribution in [1.82, 2.24) is 0 Å². The fraction of sp³-hybridized carbons (Fsp3) is 0. The van der Waals surface area contributed by atoms with E-state index in [0.29, 0.717) is 0 Å². The Morgan fingerprint density at radius 1 is 0.500 bits per heavy atom. The minimum Gasteiger partial charge on any atom is 0 e. The van der Waals surface area contributed by atoms with Crippen molar-refractivity contribution in [2.45, 2.75) is 0 Å². The van der Waals surface area contributed by atoms with Crippen molar-refractivity contribution < 1.29 is 68.2 Å². The Bertz CT molecular complexity index is 7.51. The number of hydrogen-bond donors (Lipinski definition) is 0. The Kier molecular flexibility index (Phi) is 2150. The van der Waals surface area contributed by atoms with Crippen molar-refractivity contribution in [3.8, 4) is 0 Å². The van der Waals surface area contributed by atoms with E-state index in [1.165, 1.54) is 0 Å². The van der Waals surface area contributed by atoms with Gasteiger partial charge in [-0.3, -0.25) is 18.8 Å². The zero-order valence-electron chi connectivity index (χ0n) is 2.01. The fourth-order valence-electron chi connectivity index (χ4n) is 0. The topological polar surface area (TPSA) is 0 Å². The molecule has 0 rings (SSSR count). The van der Waals surface area contributed by atoms with Crippen LogP contribution in [0.2, 0.25) is 0 Å². The van der Waals surface area contributed by atoms with Gasteiger partial charge in [-0.2, -0.15) is 0 Å². The molecule has 0 aromatic carbocycles. The maximum absolute atomic E-state index is 0. The van der Waals surface area contributed by atoms with Crippen LogP contribution in [0.5, 0.6) is 0 Å². The third kappa shape index (κ3) is 50.5. The van der Waals surface area contributed by atoms with Gasteiger partial charge in [0.15, 0.2) is 0 Å². The van der Waals surface area contributed by atoms with E-state index in [1.807, 2.05) is 0 Å². The van der Waals surface area contributed by atoms with Crippen molar-refractivity contribution in [2.24, 2.45) is 0 Å². The minimum atomic E-state index is 0. The summed E-state index contributed by atoms with van der Waals surface area (Å²) >= 11 is 0. The smallest absolute Gasteiger partial charge is 0 e. The van der Waals surface area contributed by atoms with Crippen LogP contribution in [0.1, 0.15) is 0 Å². The van der Waals surface area contributed by atoms with Crippen LogP contribution in [-0.2, 0) is 0 Å². The molecular formula is H6BeEuF4. The Morgan fingerprint density at radius 2 is 0.500 bits per heavy atom. The van der Waals surface area contributed by atoms with E-state index in [0.717, 1.165) is 0 Å². The van der Waals surface area contributed by atoms with Crippen LogP contribution < -0.4 is 0 Å². The van der Waals surface area contributed by atoms with Crippen molar-refractivity contribution in [3.05, 3.63) is 0 Å². The average Bonchev–Trinajstić information content (AvgIpc) is 0. The molecule has 0 unspecified atom stereocenters. The van der Waals surface area contributed by atoms with Crippen molar-refractivity contribution in [3.63, 3.8) is 0 Å². The first-order valence-corrected chi connectivity index (χ1v) is 0. The molecule has 6 heavy (non-hydrogen) atoms. The predicted molar refractivity (Wildman–Crippen MR) is 18.6 cm³/mol. The molecule has 6 heteroatoms. The van der Waals surface area contributed by atoms with Crippen molar-refractivity contribution in [2.75, 3.05) is 0 Å². The van der Waals surface area contributed by atoms with Gasteiger partial charge in [-0.15, -0.1) is 0 Å². The molecule has 0 bridgehead atoms. The molecule has 0 nitrogen and oxygen atoms in total. The summed E-state index contributed by atoms with van der Waals surface area (Å²) in [6.07, 6.45) is 0. The van der Waals surface area contributed by atoms with Gasteiger partial charge in [0.1, 0.15) is 0 Å². The molecule has 0 atom stereocenters. The quantitative estimate of drug-likeness (QED) is 0.404. The Hall–Kier alpha value is 1.47. The average molecular weight is 243 g/mol. The number of hydrogen-bond acceptors (Lipinski definition) is 0. The van der Waals surface area contributed by atoms with Crippen LogP contribution in [0, 0.1) is 49.4 Å². The third-order valence-electron chi connectivity index (χ3n) is 0. The van der Waals surface area contributed by atoms with Crippen LogP contribution in [0.25, 0.3) is 0 Å². The zero-order chi connectivity index (χ0) is 0. The first-order valence-electron chi connectivity index (χ1n) is 0. The predicted octanol–water partition coefficient (Wildman–Crippen LogP) is -0.306. The van der Waals surface area contributed by atoms with Gasteiger partial charge in [0.05, 0.1) is 0 Å². The molecule has 0 amide bonds. The SMILES string of the molecule is F.F.F.F.[BeH2].[Eu]. The van der Waals surface area contributed by atoms with E-state index in [9.17, 15) is 0 Å². The van der Waals surface area contributed by atoms with Gasteiger partial charge < -0.3 is 0 Å². The van der Waals surface area contributed by atoms with Crippen molar-refractivity contribution >= 4 is 10.1 Å². The Labute approximate surface area is 77.3 Å². The van der Waals surface area contributed by atoms with Gasteiger partial charge in [0, 0.05) is 49.4 Å². The van der Waals surface area contributed by atoms with E-state index in [2.05, 4.69) is 0 Å². The van der Waals surface area contributed by atoms with E-state index in [1.54, 1.807) is 0 Å². The summed E-state index contributed by atoms with van der Waals surface area (Å²) in [5.74, 6) is 0. The minimum absolute atomic E-state index is 0. The second-order valence-electron chi connectivity index (χ2n) is 0. The van der Waals surface area contributed by atoms with E-state index in [-0.39, 0.29) is 78.3 Å². The van der Waals surface area contributed by atoms with Gasteiger partial charge in [0.2, 0.25) is 0 Å². The molecule has 43 valence electrons. The van der Waals surface area contributed by atoms with Gasteiger partial charge in [-0.1, -0.05) is 0 Å². The van der Waals surface area contributed by atoms with E-state index >= 15 is 0 Å². The number of rotatable bonds is 0. The zero-order valence-corrected chi connectivity index (χ0v) is 4.44. The van der Waals surface area contributed by atoms with Gasteiger partial charge in [-0.05, 0) is 0 Å². The van der Waals surface area contributed by atoms with E-state index in [4.69, 9.17) is 0 Å². The normalized spacial score (nSPS) is 0. The molecule has 0 aromatic rings. The second kappa shape index (κ2) is 89.3. The molecule has 0 aliphatic carbocycles.